The van der Waals surface area contributed by atoms with Crippen LogP contribution in [0.3, 0.4) is 0 Å². The lowest BCUT2D eigenvalue weighted by Gasteiger charge is -2.20. The Morgan fingerprint density at radius 2 is 0.967 bits per heavy atom. The molecule has 0 aliphatic heterocycles. The van der Waals surface area contributed by atoms with E-state index in [2.05, 4.69) is 116 Å². The van der Waals surface area contributed by atoms with Gasteiger partial charge in [0, 0.05) is 12.8 Å². The zero-order valence-electron chi connectivity index (χ0n) is 36.5. The Kier molecular flexibility index (Phi) is 39.2. The third-order valence-corrected chi connectivity index (χ3v) is 9.47. The van der Waals surface area contributed by atoms with Gasteiger partial charge in [-0.1, -0.05) is 149 Å². The predicted molar refractivity (Wildman–Crippen MR) is 244 cm³/mol. The summed E-state index contributed by atoms with van der Waals surface area (Å²) in [4.78, 5) is 45.9. The lowest BCUT2D eigenvalue weighted by molar-refractivity contribution is -0.161. The molecule has 11 nitrogen and oxygen atoms in total. The third-order valence-electron chi connectivity index (χ3n) is 8.52. The van der Waals surface area contributed by atoms with Crippen LogP contribution >= 0.6 is 7.82 Å². The summed E-state index contributed by atoms with van der Waals surface area (Å²) in [6, 6.07) is -1.54. The molecule has 60 heavy (non-hydrogen) atoms. The van der Waals surface area contributed by atoms with E-state index in [1.807, 2.05) is 12.2 Å². The molecule has 0 amide bonds. The molecule has 0 aliphatic carbocycles. The molecule has 338 valence electrons. The van der Waals surface area contributed by atoms with Crippen LogP contribution in [0, 0.1) is 0 Å². The van der Waals surface area contributed by atoms with Crippen molar-refractivity contribution >= 4 is 25.7 Å². The largest absolute Gasteiger partial charge is 0.480 e. The molecule has 0 aromatic carbocycles. The quantitative estimate of drug-likeness (QED) is 0.0232. The van der Waals surface area contributed by atoms with Crippen LogP contribution in [0.4, 0.5) is 0 Å². The van der Waals surface area contributed by atoms with Crippen molar-refractivity contribution in [2.45, 2.75) is 154 Å². The molecule has 0 radical (unpaired) electrons. The molecular weight excluding hydrogens is 781 g/mol. The number of nitrogens with two attached hydrogens (primary N) is 1. The molecule has 0 aliphatic rings. The number of aliphatic carboxylic acids is 1. The van der Waals surface area contributed by atoms with E-state index in [-0.39, 0.29) is 12.8 Å². The number of carboxylic acid groups (broad SMARTS) is 1. The highest BCUT2D eigenvalue weighted by atomic mass is 31.2. The summed E-state index contributed by atoms with van der Waals surface area (Å²) in [6.07, 6.45) is 54.5. The van der Waals surface area contributed by atoms with Crippen molar-refractivity contribution in [3.63, 3.8) is 0 Å². The van der Waals surface area contributed by atoms with Crippen LogP contribution in [0.5, 0.6) is 0 Å². The average molecular weight is 858 g/mol. The smallest absolute Gasteiger partial charge is 0.472 e. The van der Waals surface area contributed by atoms with Gasteiger partial charge in [0.25, 0.3) is 0 Å². The molecular formula is C48H76NO10P. The van der Waals surface area contributed by atoms with Crippen LogP contribution in [0.2, 0.25) is 0 Å². The Morgan fingerprint density at radius 3 is 1.45 bits per heavy atom. The molecule has 0 fully saturated rings. The second-order valence-corrected chi connectivity index (χ2v) is 15.5. The van der Waals surface area contributed by atoms with E-state index in [0.717, 1.165) is 83.5 Å². The average Bonchev–Trinajstić information content (AvgIpc) is 3.22. The SMILES string of the molecule is CCC=CCC=CCC=CCC=CCC=CCC=CCCC(=O)OC[C@H](COP(=O)(O)OC[C@H](N)C(=O)O)OC(=O)CCCCCCC=CCC=CCC=CCCCCC. The Bertz CT molecular complexity index is 1430. The van der Waals surface area contributed by atoms with E-state index in [0.29, 0.717) is 12.8 Å². The molecule has 0 aromatic heterocycles. The molecule has 0 heterocycles. The molecule has 0 bridgehead atoms. The maximum atomic E-state index is 12.6. The number of ether oxygens (including phenoxy) is 2. The molecule has 1 unspecified atom stereocenters. The number of hydrogen-bond donors (Lipinski definition) is 3. The zero-order chi connectivity index (χ0) is 44.2. The standard InChI is InChI=1S/C48H76NO10P/c1-3-5-7-9-11-13-15-17-19-21-22-24-25-27-29-31-33-35-37-39-46(50)56-41-44(42-57-60(54,55)58-43-45(49)48(52)53)59-47(51)40-38-36-34-32-30-28-26-23-20-18-16-14-12-10-8-6-4-2/h5,7,11-14,17-20,22,24,26-29,33,35,44-45H,3-4,6,8-10,15-16,21,23,25,30-32,34,36-43,49H2,1-2H3,(H,52,53)(H,54,55)/t44-,45+/m1/s1. The van der Waals surface area contributed by atoms with Crippen LogP contribution in [0.1, 0.15) is 142 Å². The Hall–Kier alpha value is -3.86. The Labute approximate surface area is 361 Å². The fourth-order valence-corrected chi connectivity index (χ4v) is 5.87. The van der Waals surface area contributed by atoms with Gasteiger partial charge in [-0.2, -0.15) is 0 Å². The summed E-state index contributed by atoms with van der Waals surface area (Å²) in [6.45, 7) is 2.54. The van der Waals surface area contributed by atoms with E-state index < -0.39 is 57.7 Å². The molecule has 0 saturated carbocycles. The number of phosphoric ester groups is 1. The van der Waals surface area contributed by atoms with Crippen LogP contribution in [0.15, 0.2) is 109 Å². The fraction of sp³-hybridized carbons (Fsp3) is 0.562. The van der Waals surface area contributed by atoms with Crippen LogP contribution in [-0.2, 0) is 37.5 Å². The molecule has 0 saturated heterocycles. The number of hydrogen-bond acceptors (Lipinski definition) is 9. The number of allylic oxidation sites excluding steroid dienone is 18. The van der Waals surface area contributed by atoms with Crippen molar-refractivity contribution in [2.24, 2.45) is 5.73 Å². The highest BCUT2D eigenvalue weighted by Gasteiger charge is 2.28. The van der Waals surface area contributed by atoms with Gasteiger partial charge < -0.3 is 25.2 Å². The predicted octanol–water partition coefficient (Wildman–Crippen LogP) is 11.8. The fourth-order valence-electron chi connectivity index (χ4n) is 5.10. The van der Waals surface area contributed by atoms with Gasteiger partial charge in [0.15, 0.2) is 6.10 Å². The monoisotopic (exact) mass is 858 g/mol. The minimum Gasteiger partial charge on any atom is -0.480 e. The number of carboxylic acids is 1. The topological polar surface area (TPSA) is 172 Å². The van der Waals surface area contributed by atoms with E-state index in [1.165, 1.54) is 19.3 Å². The first-order valence-corrected chi connectivity index (χ1v) is 23.4. The lowest BCUT2D eigenvalue weighted by Crippen LogP contribution is -2.34. The minimum absolute atomic E-state index is 0.0844. The molecule has 0 rings (SSSR count). The van der Waals surface area contributed by atoms with Gasteiger partial charge in [0.1, 0.15) is 12.6 Å². The first-order chi connectivity index (χ1) is 29.1. The molecule has 0 spiro atoms. The van der Waals surface area contributed by atoms with Crippen molar-refractivity contribution in [3.8, 4) is 0 Å². The summed E-state index contributed by atoms with van der Waals surface area (Å²) < 4.78 is 32.6. The zero-order valence-corrected chi connectivity index (χ0v) is 37.4. The Balaban J connectivity index is 4.55. The summed E-state index contributed by atoms with van der Waals surface area (Å²) in [5, 5.41) is 8.89. The van der Waals surface area contributed by atoms with Crippen molar-refractivity contribution in [1.82, 2.24) is 0 Å². The normalized spacial score (nSPS) is 14.7. The van der Waals surface area contributed by atoms with E-state index in [4.69, 9.17) is 24.8 Å². The summed E-state index contributed by atoms with van der Waals surface area (Å²) in [5.41, 5.74) is 5.33. The van der Waals surface area contributed by atoms with Gasteiger partial charge in [0.2, 0.25) is 0 Å². The maximum Gasteiger partial charge on any atom is 0.472 e. The number of phosphoric acid groups is 1. The number of carbonyl (C=O) groups is 3. The van der Waals surface area contributed by atoms with Gasteiger partial charge in [-0.15, -0.1) is 0 Å². The van der Waals surface area contributed by atoms with Crippen molar-refractivity contribution in [1.29, 1.82) is 0 Å². The van der Waals surface area contributed by atoms with Crippen LogP contribution in [-0.4, -0.2) is 59.9 Å². The molecule has 4 N–H and O–H groups in total. The van der Waals surface area contributed by atoms with Gasteiger partial charge in [-0.3, -0.25) is 23.4 Å². The summed E-state index contributed by atoms with van der Waals surface area (Å²) >= 11 is 0. The minimum atomic E-state index is -4.75. The molecule has 0 aromatic rings. The van der Waals surface area contributed by atoms with Gasteiger partial charge in [0.05, 0.1) is 13.2 Å². The second kappa shape index (κ2) is 41.9. The maximum absolute atomic E-state index is 12.6. The Morgan fingerprint density at radius 1 is 0.533 bits per heavy atom. The van der Waals surface area contributed by atoms with Crippen molar-refractivity contribution in [3.05, 3.63) is 109 Å². The van der Waals surface area contributed by atoms with Crippen LogP contribution in [0.25, 0.3) is 0 Å². The number of rotatable bonds is 39. The first kappa shape index (κ1) is 56.1. The summed E-state index contributed by atoms with van der Waals surface area (Å²) in [7, 11) is -4.75. The van der Waals surface area contributed by atoms with Crippen molar-refractivity contribution < 1.29 is 47.5 Å². The molecule has 3 atom stereocenters. The number of carbonyl (C=O) groups excluding carboxylic acids is 2. The van der Waals surface area contributed by atoms with Crippen molar-refractivity contribution in [2.75, 3.05) is 19.8 Å². The number of esters is 2. The highest BCUT2D eigenvalue weighted by Crippen LogP contribution is 2.43. The van der Waals surface area contributed by atoms with Crippen LogP contribution < -0.4 is 5.73 Å². The molecule has 12 heteroatoms. The lowest BCUT2D eigenvalue weighted by atomic mass is 10.1. The van der Waals surface area contributed by atoms with Gasteiger partial charge in [-0.25, -0.2) is 4.57 Å². The highest BCUT2D eigenvalue weighted by molar-refractivity contribution is 7.47. The number of unbranched alkanes of at least 4 members (excludes halogenated alkanes) is 7. The van der Waals surface area contributed by atoms with Gasteiger partial charge >= 0.3 is 25.7 Å². The second-order valence-electron chi connectivity index (χ2n) is 14.1. The van der Waals surface area contributed by atoms with E-state index in [1.54, 1.807) is 0 Å². The first-order valence-electron chi connectivity index (χ1n) is 21.9. The van der Waals surface area contributed by atoms with Gasteiger partial charge in [-0.05, 0) is 89.9 Å². The summed E-state index contributed by atoms with van der Waals surface area (Å²) in [5.74, 6) is -2.53. The third kappa shape index (κ3) is 40.9. The van der Waals surface area contributed by atoms with E-state index >= 15 is 0 Å². The van der Waals surface area contributed by atoms with E-state index in [9.17, 15) is 23.8 Å².